The van der Waals surface area contributed by atoms with E-state index in [1.807, 2.05) is 0 Å². The number of quaternary nitrogens is 1. The molecule has 0 spiro atoms. The predicted octanol–water partition coefficient (Wildman–Crippen LogP) is 2.01. The number of nitrogens with zero attached hydrogens (tertiary/aromatic N) is 1. The number of rotatable bonds is 7. The molecule has 0 aliphatic rings. The maximum atomic E-state index is 10.9. The summed E-state index contributed by atoms with van der Waals surface area (Å²) in [7, 11) is 4.44. The van der Waals surface area contributed by atoms with Crippen LogP contribution in [0.15, 0.2) is 12.7 Å². The normalized spacial score (nSPS) is 11.3. The number of allylic oxidation sites excluding steroid dienone is 1. The second-order valence-electron chi connectivity index (χ2n) is 4.10. The molecule has 0 bridgehead atoms. The molecule has 0 saturated carbocycles. The first-order valence-electron chi connectivity index (χ1n) is 4.99. The number of unbranched alkanes of at least 4 members (excludes halogenated alkanes) is 1. The molecule has 76 valence electrons. The van der Waals surface area contributed by atoms with E-state index < -0.39 is 0 Å². The molecular weight excluding hydrogens is 162 g/mol. The summed E-state index contributed by atoms with van der Waals surface area (Å²) in [6.45, 7) is 7.94. The van der Waals surface area contributed by atoms with Gasteiger partial charge in [0.05, 0.1) is 27.2 Å². The van der Waals surface area contributed by atoms with Gasteiger partial charge in [0.25, 0.3) is 0 Å². The van der Waals surface area contributed by atoms with Crippen molar-refractivity contribution >= 4 is 5.78 Å². The second kappa shape index (κ2) is 5.92. The van der Waals surface area contributed by atoms with Gasteiger partial charge in [-0.25, -0.2) is 0 Å². The topological polar surface area (TPSA) is 17.1 Å². The third-order valence-corrected chi connectivity index (χ3v) is 2.52. The van der Waals surface area contributed by atoms with Gasteiger partial charge < -0.3 is 4.48 Å². The molecular formula is C11H22NO+. The van der Waals surface area contributed by atoms with Gasteiger partial charge >= 0.3 is 0 Å². The molecule has 0 aromatic rings. The van der Waals surface area contributed by atoms with Crippen molar-refractivity contribution in [2.45, 2.75) is 26.2 Å². The molecule has 0 radical (unpaired) electrons. The molecule has 0 aliphatic heterocycles. The molecule has 0 saturated heterocycles. The lowest BCUT2D eigenvalue weighted by Gasteiger charge is -2.27. The number of hydrogen-bond donors (Lipinski definition) is 0. The first-order valence-corrected chi connectivity index (χ1v) is 4.99. The molecule has 0 rings (SSSR count). The van der Waals surface area contributed by atoms with Gasteiger partial charge in [-0.1, -0.05) is 6.58 Å². The fourth-order valence-electron chi connectivity index (χ4n) is 1.10. The predicted molar refractivity (Wildman–Crippen MR) is 56.6 cm³/mol. The number of carbonyl (C=O) groups is 1. The first kappa shape index (κ1) is 12.4. The zero-order valence-electron chi connectivity index (χ0n) is 9.18. The van der Waals surface area contributed by atoms with Gasteiger partial charge in [0.2, 0.25) is 0 Å². The fourth-order valence-corrected chi connectivity index (χ4v) is 1.10. The summed E-state index contributed by atoms with van der Waals surface area (Å²) in [6.07, 6.45) is 4.19. The van der Waals surface area contributed by atoms with E-state index >= 15 is 0 Å². The van der Waals surface area contributed by atoms with Gasteiger partial charge in [-0.15, -0.1) is 0 Å². The molecule has 0 heterocycles. The molecule has 2 nitrogen and oxygen atoms in total. The standard InChI is InChI=1S/C11H22NO/c1-5-11(13)9-7-8-10-12(3,4)6-2/h5H,1,6-10H2,2-4H3/q+1. The highest BCUT2D eigenvalue weighted by atomic mass is 16.1. The molecule has 0 aromatic heterocycles. The summed E-state index contributed by atoms with van der Waals surface area (Å²) in [6, 6.07) is 0. The van der Waals surface area contributed by atoms with E-state index in [0.717, 1.165) is 30.4 Å². The molecule has 0 amide bonds. The monoisotopic (exact) mass is 184 g/mol. The number of ketones is 1. The Bertz CT molecular complexity index is 173. The molecule has 0 N–H and O–H groups in total. The Hall–Kier alpha value is -0.630. The van der Waals surface area contributed by atoms with Crippen LogP contribution in [0.4, 0.5) is 0 Å². The van der Waals surface area contributed by atoms with Crippen LogP contribution in [0.1, 0.15) is 26.2 Å². The van der Waals surface area contributed by atoms with Crippen molar-refractivity contribution in [2.24, 2.45) is 0 Å². The lowest BCUT2D eigenvalue weighted by atomic mass is 10.1. The van der Waals surface area contributed by atoms with E-state index in [1.165, 1.54) is 6.08 Å². The summed E-state index contributed by atoms with van der Waals surface area (Å²) in [5, 5.41) is 0. The maximum Gasteiger partial charge on any atom is 0.155 e. The van der Waals surface area contributed by atoms with E-state index in [0.29, 0.717) is 6.42 Å². The molecule has 13 heavy (non-hydrogen) atoms. The Morgan fingerprint density at radius 3 is 2.46 bits per heavy atom. The Balaban J connectivity index is 3.46. The lowest BCUT2D eigenvalue weighted by molar-refractivity contribution is -0.888. The average Bonchev–Trinajstić information content (AvgIpc) is 2.12. The van der Waals surface area contributed by atoms with Crippen LogP contribution < -0.4 is 0 Å². The van der Waals surface area contributed by atoms with Crippen LogP contribution in [0.3, 0.4) is 0 Å². The minimum Gasteiger partial charge on any atom is -0.329 e. The van der Waals surface area contributed by atoms with Crippen LogP contribution in [0.25, 0.3) is 0 Å². The van der Waals surface area contributed by atoms with Crippen molar-refractivity contribution in [2.75, 3.05) is 27.2 Å². The smallest absolute Gasteiger partial charge is 0.155 e. The molecule has 0 unspecified atom stereocenters. The minimum absolute atomic E-state index is 0.168. The van der Waals surface area contributed by atoms with E-state index in [9.17, 15) is 4.79 Å². The highest BCUT2D eigenvalue weighted by molar-refractivity contribution is 5.88. The SMILES string of the molecule is C=CC(=O)CCCC[N+](C)(C)CC. The Morgan fingerprint density at radius 2 is 2.00 bits per heavy atom. The summed E-state index contributed by atoms with van der Waals surface area (Å²) in [4.78, 5) is 10.9. The quantitative estimate of drug-likeness (QED) is 0.336. The molecule has 0 atom stereocenters. The van der Waals surface area contributed by atoms with Crippen LogP contribution in [0.5, 0.6) is 0 Å². The average molecular weight is 184 g/mol. The van der Waals surface area contributed by atoms with E-state index in [-0.39, 0.29) is 5.78 Å². The highest BCUT2D eigenvalue weighted by Gasteiger charge is 2.10. The third kappa shape index (κ3) is 6.52. The summed E-state index contributed by atoms with van der Waals surface area (Å²) >= 11 is 0. The molecule has 0 fully saturated rings. The first-order chi connectivity index (χ1) is 6.02. The summed E-state index contributed by atoms with van der Waals surface area (Å²) < 4.78 is 1.04. The van der Waals surface area contributed by atoms with Gasteiger partial charge in [0.1, 0.15) is 0 Å². The van der Waals surface area contributed by atoms with Gasteiger partial charge in [-0.05, 0) is 25.8 Å². The van der Waals surface area contributed by atoms with Crippen LogP contribution in [-0.4, -0.2) is 37.5 Å². The Kier molecular flexibility index (Phi) is 5.63. The minimum atomic E-state index is 0.168. The van der Waals surface area contributed by atoms with Gasteiger partial charge in [0, 0.05) is 6.42 Å². The zero-order valence-corrected chi connectivity index (χ0v) is 9.18. The second-order valence-corrected chi connectivity index (χ2v) is 4.10. The number of carbonyl (C=O) groups excluding carboxylic acids is 1. The van der Waals surface area contributed by atoms with Crippen molar-refractivity contribution in [3.63, 3.8) is 0 Å². The maximum absolute atomic E-state index is 10.9. The van der Waals surface area contributed by atoms with Crippen LogP contribution >= 0.6 is 0 Å². The fraction of sp³-hybridized carbons (Fsp3) is 0.727. The highest BCUT2D eigenvalue weighted by Crippen LogP contribution is 2.03. The van der Waals surface area contributed by atoms with Gasteiger partial charge in [0.15, 0.2) is 5.78 Å². The van der Waals surface area contributed by atoms with Crippen LogP contribution in [-0.2, 0) is 4.79 Å². The van der Waals surface area contributed by atoms with Crippen molar-refractivity contribution in [1.29, 1.82) is 0 Å². The summed E-state index contributed by atoms with van der Waals surface area (Å²) in [5.74, 6) is 0.168. The van der Waals surface area contributed by atoms with Crippen LogP contribution in [0.2, 0.25) is 0 Å². The van der Waals surface area contributed by atoms with Crippen LogP contribution in [0, 0.1) is 0 Å². The van der Waals surface area contributed by atoms with E-state index in [2.05, 4.69) is 27.6 Å². The van der Waals surface area contributed by atoms with Crippen molar-refractivity contribution in [1.82, 2.24) is 0 Å². The molecule has 2 heteroatoms. The Labute approximate surface area is 81.8 Å². The van der Waals surface area contributed by atoms with Gasteiger partial charge in [-0.2, -0.15) is 0 Å². The lowest BCUT2D eigenvalue weighted by Crippen LogP contribution is -2.39. The van der Waals surface area contributed by atoms with E-state index in [1.54, 1.807) is 0 Å². The van der Waals surface area contributed by atoms with E-state index in [4.69, 9.17) is 0 Å². The van der Waals surface area contributed by atoms with Crippen molar-refractivity contribution < 1.29 is 9.28 Å². The number of hydrogen-bond acceptors (Lipinski definition) is 1. The molecule has 0 aromatic carbocycles. The third-order valence-electron chi connectivity index (χ3n) is 2.52. The van der Waals surface area contributed by atoms with Crippen molar-refractivity contribution in [3.8, 4) is 0 Å². The van der Waals surface area contributed by atoms with Crippen molar-refractivity contribution in [3.05, 3.63) is 12.7 Å². The largest absolute Gasteiger partial charge is 0.329 e. The molecule has 0 aliphatic carbocycles. The van der Waals surface area contributed by atoms with Gasteiger partial charge in [-0.3, -0.25) is 4.79 Å². The Morgan fingerprint density at radius 1 is 1.38 bits per heavy atom. The zero-order chi connectivity index (χ0) is 10.3. The summed E-state index contributed by atoms with van der Waals surface area (Å²) in [5.41, 5.74) is 0.